The van der Waals surface area contributed by atoms with Gasteiger partial charge >= 0.3 is 0 Å². The van der Waals surface area contributed by atoms with E-state index in [1.165, 1.54) is 12.1 Å². The van der Waals surface area contributed by atoms with Gasteiger partial charge in [-0.2, -0.15) is 9.61 Å². The normalized spacial score (nSPS) is 11.1. The van der Waals surface area contributed by atoms with E-state index in [0.29, 0.717) is 22.3 Å². The quantitative estimate of drug-likeness (QED) is 0.690. The molecule has 0 unspecified atom stereocenters. The number of rotatable bonds is 4. The molecule has 2 aromatic heterocycles. The Morgan fingerprint density at radius 3 is 2.82 bits per heavy atom. The van der Waals surface area contributed by atoms with E-state index in [4.69, 9.17) is 23.2 Å². The Morgan fingerprint density at radius 1 is 1.27 bits per heavy atom. The van der Waals surface area contributed by atoms with Gasteiger partial charge in [0.1, 0.15) is 16.8 Å². The highest BCUT2D eigenvalue weighted by Gasteiger charge is 2.15. The summed E-state index contributed by atoms with van der Waals surface area (Å²) in [6.45, 7) is 2.06. The molecule has 1 aromatic carbocycles. The molecule has 1 N–H and O–H groups in total. The highest BCUT2D eigenvalue weighted by Crippen LogP contribution is 2.29. The second kappa shape index (κ2) is 6.10. The molecule has 4 nitrogen and oxygen atoms in total. The molecule has 0 bridgehead atoms. The zero-order chi connectivity index (χ0) is 15.7. The first-order chi connectivity index (χ1) is 10.6. The molecule has 0 amide bonds. The maximum absolute atomic E-state index is 13.3. The van der Waals surface area contributed by atoms with Crippen LogP contribution in [-0.4, -0.2) is 14.6 Å². The van der Waals surface area contributed by atoms with Crippen molar-refractivity contribution in [2.75, 3.05) is 5.32 Å². The molecule has 3 rings (SSSR count). The van der Waals surface area contributed by atoms with E-state index >= 15 is 0 Å². The van der Waals surface area contributed by atoms with E-state index in [-0.39, 0.29) is 5.02 Å². The van der Waals surface area contributed by atoms with E-state index < -0.39 is 5.82 Å². The SMILES string of the molecule is CCCc1c(Cl)nc2ccnn2c1Nc1ccc(F)c(Cl)c1. The van der Waals surface area contributed by atoms with Crippen LogP contribution in [-0.2, 0) is 6.42 Å². The molecule has 7 heteroatoms. The first-order valence-corrected chi connectivity index (χ1v) is 7.60. The van der Waals surface area contributed by atoms with Crippen LogP contribution in [0.1, 0.15) is 18.9 Å². The first kappa shape index (κ1) is 15.1. The summed E-state index contributed by atoms with van der Waals surface area (Å²) in [5, 5.41) is 7.98. The van der Waals surface area contributed by atoms with Crippen LogP contribution in [0.2, 0.25) is 10.2 Å². The minimum atomic E-state index is -0.460. The predicted octanol–water partition coefficient (Wildman–Crippen LogP) is 4.87. The van der Waals surface area contributed by atoms with Crippen LogP contribution in [0.5, 0.6) is 0 Å². The Morgan fingerprint density at radius 2 is 2.09 bits per heavy atom. The van der Waals surface area contributed by atoms with Gasteiger partial charge in [0, 0.05) is 17.3 Å². The minimum absolute atomic E-state index is 0.0545. The summed E-state index contributed by atoms with van der Waals surface area (Å²) in [6, 6.07) is 6.22. The molecule has 22 heavy (non-hydrogen) atoms. The van der Waals surface area contributed by atoms with Crippen molar-refractivity contribution >= 4 is 40.4 Å². The van der Waals surface area contributed by atoms with Crippen LogP contribution in [0, 0.1) is 5.82 Å². The van der Waals surface area contributed by atoms with Gasteiger partial charge in [-0.15, -0.1) is 0 Å². The minimum Gasteiger partial charge on any atom is -0.340 e. The number of aromatic nitrogens is 3. The fraction of sp³-hybridized carbons (Fsp3) is 0.200. The summed E-state index contributed by atoms with van der Waals surface area (Å²) >= 11 is 12.1. The molecular formula is C15H13Cl2FN4. The summed E-state index contributed by atoms with van der Waals surface area (Å²) in [6.07, 6.45) is 3.31. The van der Waals surface area contributed by atoms with Crippen LogP contribution in [0.25, 0.3) is 5.65 Å². The van der Waals surface area contributed by atoms with Crippen molar-refractivity contribution in [1.29, 1.82) is 0 Å². The highest BCUT2D eigenvalue weighted by atomic mass is 35.5. The van der Waals surface area contributed by atoms with Gasteiger partial charge in [0.05, 0.1) is 11.2 Å². The molecular weight excluding hydrogens is 326 g/mol. The van der Waals surface area contributed by atoms with Crippen molar-refractivity contribution in [3.63, 3.8) is 0 Å². The topological polar surface area (TPSA) is 42.2 Å². The number of anilines is 2. The monoisotopic (exact) mass is 338 g/mol. The number of halogens is 3. The number of fused-ring (bicyclic) bond motifs is 1. The summed E-state index contributed by atoms with van der Waals surface area (Å²) in [7, 11) is 0. The number of benzene rings is 1. The third-order valence-corrected chi connectivity index (χ3v) is 3.87. The Labute approximate surface area is 136 Å². The molecule has 0 radical (unpaired) electrons. The van der Waals surface area contributed by atoms with Crippen molar-refractivity contribution in [2.45, 2.75) is 19.8 Å². The van der Waals surface area contributed by atoms with Gasteiger partial charge < -0.3 is 5.32 Å². The Bertz CT molecular complexity index is 832. The summed E-state index contributed by atoms with van der Waals surface area (Å²) in [5.41, 5.74) is 2.16. The number of nitrogens with one attached hydrogen (secondary N) is 1. The van der Waals surface area contributed by atoms with Crippen molar-refractivity contribution < 1.29 is 4.39 Å². The van der Waals surface area contributed by atoms with E-state index in [0.717, 1.165) is 18.4 Å². The van der Waals surface area contributed by atoms with Gasteiger partial charge in [-0.05, 0) is 24.6 Å². The molecule has 0 saturated carbocycles. The van der Waals surface area contributed by atoms with Gasteiger partial charge in [-0.25, -0.2) is 9.37 Å². The average Bonchev–Trinajstić information content (AvgIpc) is 2.94. The van der Waals surface area contributed by atoms with Crippen LogP contribution < -0.4 is 5.32 Å². The Hall–Kier alpha value is -1.85. The van der Waals surface area contributed by atoms with Crippen LogP contribution in [0.3, 0.4) is 0 Å². The number of hydrogen-bond donors (Lipinski definition) is 1. The number of hydrogen-bond acceptors (Lipinski definition) is 3. The van der Waals surface area contributed by atoms with Crippen molar-refractivity contribution in [3.05, 3.63) is 52.0 Å². The molecule has 0 aliphatic carbocycles. The van der Waals surface area contributed by atoms with Gasteiger partial charge in [0.2, 0.25) is 0 Å². The second-order valence-electron chi connectivity index (χ2n) is 4.83. The van der Waals surface area contributed by atoms with Gasteiger partial charge in [-0.1, -0.05) is 36.5 Å². The zero-order valence-electron chi connectivity index (χ0n) is 11.8. The van der Waals surface area contributed by atoms with Crippen LogP contribution >= 0.6 is 23.2 Å². The van der Waals surface area contributed by atoms with E-state index in [1.54, 1.807) is 22.8 Å². The summed E-state index contributed by atoms with van der Waals surface area (Å²) in [5.74, 6) is 0.252. The molecule has 0 aliphatic rings. The van der Waals surface area contributed by atoms with Gasteiger partial charge in [0.25, 0.3) is 0 Å². The van der Waals surface area contributed by atoms with Gasteiger partial charge in [0.15, 0.2) is 5.65 Å². The zero-order valence-corrected chi connectivity index (χ0v) is 13.3. The fourth-order valence-electron chi connectivity index (χ4n) is 2.26. The molecule has 0 fully saturated rings. The predicted molar refractivity (Wildman–Crippen MR) is 86.7 cm³/mol. The smallest absolute Gasteiger partial charge is 0.159 e. The third-order valence-electron chi connectivity index (χ3n) is 3.26. The van der Waals surface area contributed by atoms with Crippen LogP contribution in [0.15, 0.2) is 30.5 Å². The lowest BCUT2D eigenvalue weighted by Gasteiger charge is -2.14. The van der Waals surface area contributed by atoms with E-state index in [2.05, 4.69) is 22.3 Å². The van der Waals surface area contributed by atoms with Crippen molar-refractivity contribution in [3.8, 4) is 0 Å². The molecule has 0 aliphatic heterocycles. The first-order valence-electron chi connectivity index (χ1n) is 6.84. The Balaban J connectivity index is 2.12. The molecule has 2 heterocycles. The van der Waals surface area contributed by atoms with Gasteiger partial charge in [-0.3, -0.25) is 0 Å². The standard InChI is InChI=1S/C15H13Cl2FN4/c1-2-3-10-14(17)21-13-6-7-19-22(13)15(10)20-9-4-5-12(18)11(16)8-9/h4-8,20H,2-3H2,1H3. The maximum Gasteiger partial charge on any atom is 0.159 e. The molecule has 0 atom stereocenters. The van der Waals surface area contributed by atoms with E-state index in [9.17, 15) is 4.39 Å². The number of nitrogens with zero attached hydrogens (tertiary/aromatic N) is 3. The molecule has 3 aromatic rings. The maximum atomic E-state index is 13.3. The molecule has 114 valence electrons. The lowest BCUT2D eigenvalue weighted by molar-refractivity contribution is 0.628. The van der Waals surface area contributed by atoms with E-state index in [1.807, 2.05) is 0 Å². The highest BCUT2D eigenvalue weighted by molar-refractivity contribution is 6.31. The largest absolute Gasteiger partial charge is 0.340 e. The summed E-state index contributed by atoms with van der Waals surface area (Å²) in [4.78, 5) is 4.33. The second-order valence-corrected chi connectivity index (χ2v) is 5.60. The lowest BCUT2D eigenvalue weighted by Crippen LogP contribution is -2.07. The lowest BCUT2D eigenvalue weighted by atomic mass is 10.2. The van der Waals surface area contributed by atoms with Crippen molar-refractivity contribution in [1.82, 2.24) is 14.6 Å². The average molecular weight is 339 g/mol. The molecule has 0 spiro atoms. The Kier molecular flexibility index (Phi) is 4.18. The van der Waals surface area contributed by atoms with Crippen molar-refractivity contribution in [2.24, 2.45) is 0 Å². The van der Waals surface area contributed by atoms with Crippen LogP contribution in [0.4, 0.5) is 15.9 Å². The third kappa shape index (κ3) is 2.74. The fourth-order valence-corrected chi connectivity index (χ4v) is 2.71. The summed E-state index contributed by atoms with van der Waals surface area (Å²) < 4.78 is 15.0. The molecule has 0 saturated heterocycles.